The third-order valence-electron chi connectivity index (χ3n) is 2.46. The van der Waals surface area contributed by atoms with Gasteiger partial charge in [0.1, 0.15) is 11.4 Å². The number of hydrogen-bond acceptors (Lipinski definition) is 4. The minimum atomic E-state index is -0.524. The van der Waals surface area contributed by atoms with Gasteiger partial charge in [-0.15, -0.1) is 0 Å². The van der Waals surface area contributed by atoms with Crippen molar-refractivity contribution >= 4 is 35.0 Å². The molecule has 2 aromatic rings. The van der Waals surface area contributed by atoms with Crippen LogP contribution in [0.4, 0.5) is 5.82 Å². The van der Waals surface area contributed by atoms with Gasteiger partial charge in [0.15, 0.2) is 0 Å². The van der Waals surface area contributed by atoms with E-state index in [-0.39, 0.29) is 18.0 Å². The highest BCUT2D eigenvalue weighted by molar-refractivity contribution is 6.43. The fourth-order valence-corrected chi connectivity index (χ4v) is 1.95. The van der Waals surface area contributed by atoms with Crippen molar-refractivity contribution in [3.63, 3.8) is 0 Å². The molecule has 0 saturated heterocycles. The third-order valence-corrected chi connectivity index (χ3v) is 3.27. The molecule has 0 unspecified atom stereocenters. The molecule has 0 spiro atoms. The maximum Gasteiger partial charge on any atom is 0.343 e. The van der Waals surface area contributed by atoms with Gasteiger partial charge in [0, 0.05) is 0 Å². The minimum absolute atomic E-state index is 0.155. The van der Waals surface area contributed by atoms with E-state index in [1.54, 1.807) is 25.1 Å². The normalized spacial score (nSPS) is 10.5. The number of aromatic nitrogens is 2. The van der Waals surface area contributed by atoms with Gasteiger partial charge in [-0.2, -0.15) is 5.10 Å². The summed E-state index contributed by atoms with van der Waals surface area (Å²) in [7, 11) is 0. The molecule has 0 saturated carbocycles. The quantitative estimate of drug-likeness (QED) is 0.885. The molecule has 1 heterocycles. The predicted octanol–water partition coefficient (Wildman–Crippen LogP) is 2.94. The summed E-state index contributed by atoms with van der Waals surface area (Å²) in [4.78, 5) is 11.6. The van der Waals surface area contributed by atoms with Crippen LogP contribution in [-0.2, 0) is 4.74 Å². The minimum Gasteiger partial charge on any atom is -0.462 e. The number of ether oxygens (including phenoxy) is 1. The lowest BCUT2D eigenvalue weighted by molar-refractivity contribution is 0.0527. The molecule has 0 aliphatic heterocycles. The third kappa shape index (κ3) is 2.52. The number of benzene rings is 1. The van der Waals surface area contributed by atoms with Crippen molar-refractivity contribution in [1.82, 2.24) is 9.78 Å². The van der Waals surface area contributed by atoms with Gasteiger partial charge in [0.05, 0.1) is 28.5 Å². The number of nitrogen functional groups attached to an aromatic ring is 1. The second-order valence-corrected chi connectivity index (χ2v) is 4.43. The Labute approximate surface area is 119 Å². The van der Waals surface area contributed by atoms with Crippen LogP contribution >= 0.6 is 23.2 Å². The highest BCUT2D eigenvalue weighted by Gasteiger charge is 2.18. The smallest absolute Gasteiger partial charge is 0.343 e. The van der Waals surface area contributed by atoms with E-state index in [0.717, 1.165) is 0 Å². The van der Waals surface area contributed by atoms with Crippen LogP contribution in [-0.4, -0.2) is 22.4 Å². The molecule has 0 fully saturated rings. The summed E-state index contributed by atoms with van der Waals surface area (Å²) >= 11 is 12.0. The number of rotatable bonds is 3. The lowest BCUT2D eigenvalue weighted by atomic mass is 10.3. The van der Waals surface area contributed by atoms with Crippen LogP contribution < -0.4 is 5.73 Å². The molecule has 2 N–H and O–H groups in total. The molecule has 0 atom stereocenters. The first-order valence-electron chi connectivity index (χ1n) is 5.51. The Balaban J connectivity index is 2.48. The second kappa shape index (κ2) is 5.50. The Morgan fingerprint density at radius 2 is 2.21 bits per heavy atom. The number of nitrogens with two attached hydrogens (primary N) is 1. The molecule has 1 aromatic carbocycles. The first-order valence-corrected chi connectivity index (χ1v) is 6.26. The van der Waals surface area contributed by atoms with E-state index >= 15 is 0 Å². The van der Waals surface area contributed by atoms with Gasteiger partial charge < -0.3 is 10.5 Å². The second-order valence-electron chi connectivity index (χ2n) is 3.65. The van der Waals surface area contributed by atoms with Gasteiger partial charge in [-0.05, 0) is 19.1 Å². The summed E-state index contributed by atoms with van der Waals surface area (Å²) < 4.78 is 6.23. The fraction of sp³-hybridized carbons (Fsp3) is 0.167. The average Bonchev–Trinajstić information content (AvgIpc) is 2.75. The van der Waals surface area contributed by atoms with Crippen LogP contribution in [0.2, 0.25) is 10.0 Å². The summed E-state index contributed by atoms with van der Waals surface area (Å²) in [6.45, 7) is 1.98. The molecular weight excluding hydrogens is 289 g/mol. The van der Waals surface area contributed by atoms with Crippen molar-refractivity contribution in [3.05, 3.63) is 40.0 Å². The van der Waals surface area contributed by atoms with E-state index in [0.29, 0.717) is 15.7 Å². The lowest BCUT2D eigenvalue weighted by Gasteiger charge is -2.08. The SMILES string of the molecule is CCOC(=O)c1cnn(-c2cccc(Cl)c2Cl)c1N. The molecule has 7 heteroatoms. The molecule has 100 valence electrons. The summed E-state index contributed by atoms with van der Waals surface area (Å²) in [5.74, 6) is -0.369. The van der Waals surface area contributed by atoms with Crippen molar-refractivity contribution in [2.75, 3.05) is 12.3 Å². The number of nitrogens with zero attached hydrogens (tertiary/aromatic N) is 2. The number of anilines is 1. The summed E-state index contributed by atoms with van der Waals surface area (Å²) in [6.07, 6.45) is 1.34. The van der Waals surface area contributed by atoms with Gasteiger partial charge in [-0.25, -0.2) is 9.48 Å². The largest absolute Gasteiger partial charge is 0.462 e. The monoisotopic (exact) mass is 299 g/mol. The Hall–Kier alpha value is -1.72. The molecule has 0 aliphatic carbocycles. The molecule has 2 rings (SSSR count). The van der Waals surface area contributed by atoms with E-state index < -0.39 is 5.97 Å². The summed E-state index contributed by atoms with van der Waals surface area (Å²) in [5.41, 5.74) is 6.58. The average molecular weight is 300 g/mol. The van der Waals surface area contributed by atoms with Crippen LogP contribution in [0.15, 0.2) is 24.4 Å². The molecule has 0 bridgehead atoms. The van der Waals surface area contributed by atoms with E-state index in [2.05, 4.69) is 5.10 Å². The molecule has 1 aromatic heterocycles. The molecular formula is C12H11Cl2N3O2. The topological polar surface area (TPSA) is 70.1 Å². The Morgan fingerprint density at radius 1 is 1.47 bits per heavy atom. The Morgan fingerprint density at radius 3 is 2.89 bits per heavy atom. The van der Waals surface area contributed by atoms with E-state index in [1.807, 2.05) is 0 Å². The van der Waals surface area contributed by atoms with Crippen LogP contribution in [0.1, 0.15) is 17.3 Å². The van der Waals surface area contributed by atoms with Crippen LogP contribution in [0, 0.1) is 0 Å². The maximum atomic E-state index is 11.6. The maximum absolute atomic E-state index is 11.6. The zero-order valence-electron chi connectivity index (χ0n) is 10.1. The van der Waals surface area contributed by atoms with Crippen molar-refractivity contribution in [1.29, 1.82) is 0 Å². The highest BCUT2D eigenvalue weighted by Crippen LogP contribution is 2.30. The van der Waals surface area contributed by atoms with Crippen molar-refractivity contribution in [2.45, 2.75) is 6.92 Å². The first-order chi connectivity index (χ1) is 9.06. The molecule has 19 heavy (non-hydrogen) atoms. The summed E-state index contributed by atoms with van der Waals surface area (Å²) in [6, 6.07) is 5.07. The van der Waals surface area contributed by atoms with Gasteiger partial charge in [-0.1, -0.05) is 29.3 Å². The van der Waals surface area contributed by atoms with E-state index in [1.165, 1.54) is 10.9 Å². The van der Waals surface area contributed by atoms with Crippen LogP contribution in [0.25, 0.3) is 5.69 Å². The van der Waals surface area contributed by atoms with Gasteiger partial charge in [-0.3, -0.25) is 0 Å². The van der Waals surface area contributed by atoms with Crippen molar-refractivity contribution in [2.24, 2.45) is 0 Å². The van der Waals surface area contributed by atoms with E-state index in [9.17, 15) is 4.79 Å². The van der Waals surface area contributed by atoms with Gasteiger partial charge >= 0.3 is 5.97 Å². The Kier molecular flexibility index (Phi) is 3.97. The standard InChI is InChI=1S/C12H11Cl2N3O2/c1-2-19-12(18)7-6-16-17(11(7)15)9-5-3-4-8(13)10(9)14/h3-6H,2,15H2,1H3. The lowest BCUT2D eigenvalue weighted by Crippen LogP contribution is -2.09. The zero-order valence-corrected chi connectivity index (χ0v) is 11.6. The molecule has 0 amide bonds. The molecule has 5 nitrogen and oxygen atoms in total. The number of carbonyl (C=O) groups is 1. The molecule has 0 aliphatic rings. The summed E-state index contributed by atoms with van der Waals surface area (Å²) in [5, 5.41) is 4.73. The number of esters is 1. The van der Waals surface area contributed by atoms with Crippen molar-refractivity contribution in [3.8, 4) is 5.69 Å². The predicted molar refractivity (Wildman–Crippen MR) is 74.0 cm³/mol. The zero-order chi connectivity index (χ0) is 14.0. The van der Waals surface area contributed by atoms with Gasteiger partial charge in [0.2, 0.25) is 0 Å². The number of hydrogen-bond donors (Lipinski definition) is 1. The fourth-order valence-electron chi connectivity index (χ4n) is 1.57. The number of carbonyl (C=O) groups excluding carboxylic acids is 1. The molecule has 0 radical (unpaired) electrons. The van der Waals surface area contributed by atoms with E-state index in [4.69, 9.17) is 33.7 Å². The van der Waals surface area contributed by atoms with Crippen molar-refractivity contribution < 1.29 is 9.53 Å². The first kappa shape index (κ1) is 13.7. The highest BCUT2D eigenvalue weighted by atomic mass is 35.5. The van der Waals surface area contributed by atoms with Gasteiger partial charge in [0.25, 0.3) is 0 Å². The van der Waals surface area contributed by atoms with Crippen LogP contribution in [0.5, 0.6) is 0 Å². The Bertz CT molecular complexity index is 625. The number of halogens is 2. The van der Waals surface area contributed by atoms with Crippen LogP contribution in [0.3, 0.4) is 0 Å².